The number of benzene rings is 2. The van der Waals surface area contributed by atoms with Crippen LogP contribution in [0.15, 0.2) is 42.0 Å². The van der Waals surface area contributed by atoms with Crippen molar-refractivity contribution in [2.75, 3.05) is 19.1 Å². The Morgan fingerprint density at radius 3 is 2.33 bits per heavy atom. The summed E-state index contributed by atoms with van der Waals surface area (Å²) in [6, 6.07) is 11.1. The summed E-state index contributed by atoms with van der Waals surface area (Å²) in [5.41, 5.74) is 2.37. The monoisotopic (exact) mass is 536 g/mol. The lowest BCUT2D eigenvalue weighted by Gasteiger charge is -2.29. The summed E-state index contributed by atoms with van der Waals surface area (Å²) < 4.78 is 11.5. The van der Waals surface area contributed by atoms with Crippen LogP contribution in [0.3, 0.4) is 0 Å². The van der Waals surface area contributed by atoms with Gasteiger partial charge in [0, 0.05) is 0 Å². The number of carbonyl (C=O) groups is 2. The van der Waals surface area contributed by atoms with Gasteiger partial charge in [-0.1, -0.05) is 26.0 Å². The number of hydrogen-bond acceptors (Lipinski definition) is 5. The minimum atomic E-state index is -0.537. The molecule has 156 valence electrons. The van der Waals surface area contributed by atoms with E-state index in [0.717, 1.165) is 9.13 Å². The van der Waals surface area contributed by atoms with E-state index in [9.17, 15) is 9.59 Å². The van der Waals surface area contributed by atoms with Crippen molar-refractivity contribution in [1.82, 2.24) is 5.32 Å². The molecule has 1 heterocycles. The van der Waals surface area contributed by atoms with Gasteiger partial charge >= 0.3 is 0 Å². The molecule has 3 rings (SSSR count). The van der Waals surface area contributed by atoms with E-state index in [0.29, 0.717) is 28.7 Å². The summed E-state index contributed by atoms with van der Waals surface area (Å²) in [6.45, 7) is 4.19. The van der Waals surface area contributed by atoms with E-state index in [1.807, 2.05) is 30.3 Å². The summed E-state index contributed by atoms with van der Waals surface area (Å²) in [5.74, 6) is 0.450. The molecule has 6 nitrogen and oxygen atoms in total. The van der Waals surface area contributed by atoms with E-state index in [1.54, 1.807) is 13.2 Å². The van der Waals surface area contributed by atoms with Crippen LogP contribution in [0, 0.1) is 3.57 Å². The Balaban J connectivity index is 2.01. The second-order valence-corrected chi connectivity index (χ2v) is 8.49. The molecule has 1 aliphatic heterocycles. The standard InChI is InChI=1S/C22H21IN2O4S/c1-12(2)14-5-7-15(8-6-14)25-21(27)16(20(26)24-22(25)30)9-13-10-17(23)19(29-4)18(11-13)28-3/h5-12H,1-4H3,(H,24,26,30)/b16-9+. The molecule has 0 bridgehead atoms. The summed E-state index contributed by atoms with van der Waals surface area (Å²) in [6.07, 6.45) is 1.53. The molecule has 2 aromatic rings. The average molecular weight is 536 g/mol. The molecule has 1 saturated heterocycles. The van der Waals surface area contributed by atoms with Crippen LogP contribution in [-0.2, 0) is 9.59 Å². The van der Waals surface area contributed by atoms with Gasteiger partial charge in [0.05, 0.1) is 23.5 Å². The Bertz CT molecular complexity index is 1050. The molecule has 2 aromatic carbocycles. The molecule has 0 unspecified atom stereocenters. The Labute approximate surface area is 194 Å². The van der Waals surface area contributed by atoms with Crippen LogP contribution < -0.4 is 19.7 Å². The van der Waals surface area contributed by atoms with Gasteiger partial charge in [0.25, 0.3) is 11.8 Å². The number of methoxy groups -OCH3 is 2. The second kappa shape index (κ2) is 9.13. The Morgan fingerprint density at radius 1 is 1.10 bits per heavy atom. The predicted octanol–water partition coefficient (Wildman–Crippen LogP) is 4.26. The molecule has 0 radical (unpaired) electrons. The highest BCUT2D eigenvalue weighted by atomic mass is 127. The fraction of sp³-hybridized carbons (Fsp3) is 0.227. The highest BCUT2D eigenvalue weighted by Crippen LogP contribution is 2.34. The fourth-order valence-electron chi connectivity index (χ4n) is 3.09. The Morgan fingerprint density at radius 2 is 1.77 bits per heavy atom. The van der Waals surface area contributed by atoms with Crippen molar-refractivity contribution in [1.29, 1.82) is 0 Å². The first-order valence-electron chi connectivity index (χ1n) is 9.19. The molecule has 0 aromatic heterocycles. The molecular weight excluding hydrogens is 515 g/mol. The smallest absolute Gasteiger partial charge is 0.270 e. The van der Waals surface area contributed by atoms with Crippen LogP contribution >= 0.6 is 34.8 Å². The van der Waals surface area contributed by atoms with Crippen molar-refractivity contribution in [2.45, 2.75) is 19.8 Å². The quantitative estimate of drug-likeness (QED) is 0.268. The van der Waals surface area contributed by atoms with Gasteiger partial charge in [0.2, 0.25) is 0 Å². The summed E-state index contributed by atoms with van der Waals surface area (Å²) in [5, 5.41) is 2.66. The van der Waals surface area contributed by atoms with Crippen molar-refractivity contribution in [3.05, 3.63) is 56.7 Å². The van der Waals surface area contributed by atoms with Crippen molar-refractivity contribution < 1.29 is 19.1 Å². The van der Waals surface area contributed by atoms with Gasteiger partial charge in [0.1, 0.15) is 5.57 Å². The van der Waals surface area contributed by atoms with Gasteiger partial charge in [-0.3, -0.25) is 19.8 Å². The third-order valence-electron chi connectivity index (χ3n) is 4.69. The first-order valence-corrected chi connectivity index (χ1v) is 10.7. The van der Waals surface area contributed by atoms with Crippen LogP contribution in [-0.4, -0.2) is 31.1 Å². The normalized spacial score (nSPS) is 15.6. The van der Waals surface area contributed by atoms with E-state index in [4.69, 9.17) is 21.7 Å². The number of carbonyl (C=O) groups excluding carboxylic acids is 2. The minimum Gasteiger partial charge on any atom is -0.493 e. The van der Waals surface area contributed by atoms with Gasteiger partial charge in [-0.2, -0.15) is 0 Å². The molecular formula is C22H21IN2O4S. The van der Waals surface area contributed by atoms with Crippen molar-refractivity contribution in [2.24, 2.45) is 0 Å². The molecule has 1 N–H and O–H groups in total. The minimum absolute atomic E-state index is 0.0143. The number of nitrogens with one attached hydrogen (secondary N) is 1. The highest BCUT2D eigenvalue weighted by molar-refractivity contribution is 14.1. The van der Waals surface area contributed by atoms with E-state index in [2.05, 4.69) is 41.8 Å². The number of amides is 2. The van der Waals surface area contributed by atoms with Crippen LogP contribution in [0.1, 0.15) is 30.9 Å². The number of anilines is 1. The maximum absolute atomic E-state index is 13.2. The van der Waals surface area contributed by atoms with Crippen molar-refractivity contribution in [3.63, 3.8) is 0 Å². The fourth-order valence-corrected chi connectivity index (χ4v) is 4.21. The first kappa shape index (κ1) is 22.2. The van der Waals surface area contributed by atoms with E-state index >= 15 is 0 Å². The Hall–Kier alpha value is -2.46. The zero-order chi connectivity index (χ0) is 22.0. The largest absolute Gasteiger partial charge is 0.493 e. The summed E-state index contributed by atoms with van der Waals surface area (Å²) in [4.78, 5) is 27.0. The van der Waals surface area contributed by atoms with Crippen LogP contribution in [0.4, 0.5) is 5.69 Å². The molecule has 8 heteroatoms. The number of rotatable bonds is 5. The lowest BCUT2D eigenvalue weighted by Crippen LogP contribution is -2.54. The van der Waals surface area contributed by atoms with Crippen LogP contribution in [0.5, 0.6) is 11.5 Å². The molecule has 0 aliphatic carbocycles. The second-order valence-electron chi connectivity index (χ2n) is 6.94. The number of hydrogen-bond donors (Lipinski definition) is 1. The molecule has 30 heavy (non-hydrogen) atoms. The average Bonchev–Trinajstić information content (AvgIpc) is 2.70. The molecule has 1 fully saturated rings. The van der Waals surface area contributed by atoms with Gasteiger partial charge in [0.15, 0.2) is 16.6 Å². The van der Waals surface area contributed by atoms with Crippen LogP contribution in [0.2, 0.25) is 0 Å². The third kappa shape index (κ3) is 4.34. The number of ether oxygens (including phenoxy) is 2. The molecule has 2 amide bonds. The Kier molecular flexibility index (Phi) is 6.77. The molecule has 0 saturated carbocycles. The first-order chi connectivity index (χ1) is 14.3. The zero-order valence-electron chi connectivity index (χ0n) is 17.0. The molecule has 1 aliphatic rings. The van der Waals surface area contributed by atoms with E-state index in [1.165, 1.54) is 18.1 Å². The lowest BCUT2D eigenvalue weighted by atomic mass is 10.0. The van der Waals surface area contributed by atoms with Crippen molar-refractivity contribution in [3.8, 4) is 11.5 Å². The van der Waals surface area contributed by atoms with Crippen molar-refractivity contribution >= 4 is 63.5 Å². The zero-order valence-corrected chi connectivity index (χ0v) is 20.0. The van der Waals surface area contributed by atoms with E-state index in [-0.39, 0.29) is 10.7 Å². The summed E-state index contributed by atoms with van der Waals surface area (Å²) >= 11 is 7.38. The lowest BCUT2D eigenvalue weighted by molar-refractivity contribution is -0.122. The van der Waals surface area contributed by atoms with Gasteiger partial charge in [-0.15, -0.1) is 0 Å². The maximum atomic E-state index is 13.2. The number of thiocarbonyl (C=S) groups is 1. The molecule has 0 spiro atoms. The van der Waals surface area contributed by atoms with E-state index < -0.39 is 11.8 Å². The predicted molar refractivity (Wildman–Crippen MR) is 129 cm³/mol. The summed E-state index contributed by atoms with van der Waals surface area (Å²) in [7, 11) is 3.09. The van der Waals surface area contributed by atoms with Gasteiger partial charge < -0.3 is 9.47 Å². The molecule has 0 atom stereocenters. The topological polar surface area (TPSA) is 67.9 Å². The maximum Gasteiger partial charge on any atom is 0.270 e. The number of halogens is 1. The third-order valence-corrected chi connectivity index (χ3v) is 5.77. The highest BCUT2D eigenvalue weighted by Gasteiger charge is 2.34. The number of nitrogens with zero attached hydrogens (tertiary/aromatic N) is 1. The van der Waals surface area contributed by atoms with Crippen LogP contribution in [0.25, 0.3) is 6.08 Å². The van der Waals surface area contributed by atoms with Gasteiger partial charge in [-0.05, 0) is 82.2 Å². The van der Waals surface area contributed by atoms with Gasteiger partial charge in [-0.25, -0.2) is 0 Å². The SMILES string of the molecule is COc1cc(/C=C2\C(=O)NC(=S)N(c3ccc(C(C)C)cc3)C2=O)cc(I)c1OC.